The van der Waals surface area contributed by atoms with Crippen molar-refractivity contribution in [3.63, 3.8) is 0 Å². The van der Waals surface area contributed by atoms with Gasteiger partial charge in [-0.15, -0.1) is 0 Å². The summed E-state index contributed by atoms with van der Waals surface area (Å²) in [5, 5.41) is 20.1. The summed E-state index contributed by atoms with van der Waals surface area (Å²) in [6.45, 7) is 0. The first-order valence-corrected chi connectivity index (χ1v) is 7.36. The Bertz CT molecular complexity index is 1110. The maximum absolute atomic E-state index is 13.7. The molecule has 0 saturated carbocycles. The van der Waals surface area contributed by atoms with Crippen molar-refractivity contribution in [2.24, 2.45) is 0 Å². The molecule has 0 unspecified atom stereocenters. The minimum Gasteiger partial charge on any atom is -0.506 e. The van der Waals surface area contributed by atoms with Crippen LogP contribution in [-0.2, 0) is 0 Å². The van der Waals surface area contributed by atoms with Gasteiger partial charge in [0.25, 0.3) is 0 Å². The fraction of sp³-hybridized carbons (Fsp3) is 0. The van der Waals surface area contributed by atoms with E-state index in [-0.39, 0.29) is 22.8 Å². The molecule has 0 saturated heterocycles. The van der Waals surface area contributed by atoms with Gasteiger partial charge in [0.2, 0.25) is 0 Å². The minimum atomic E-state index is -1.08. The van der Waals surface area contributed by atoms with Crippen molar-refractivity contribution < 1.29 is 19.0 Å². The fourth-order valence-corrected chi connectivity index (χ4v) is 2.72. The zero-order valence-corrected chi connectivity index (χ0v) is 12.7. The Hall–Kier alpha value is -3.48. The Morgan fingerprint density at radius 1 is 0.960 bits per heavy atom. The number of phenolic OH excluding ortho intramolecular Hbond substituents is 1. The largest absolute Gasteiger partial charge is 0.506 e. The second kappa shape index (κ2) is 5.55. The van der Waals surface area contributed by atoms with Crippen molar-refractivity contribution in [1.29, 1.82) is 0 Å². The number of imidazole rings is 1. The van der Waals surface area contributed by atoms with Crippen LogP contribution in [0.25, 0.3) is 28.3 Å². The van der Waals surface area contributed by atoms with Gasteiger partial charge in [0.1, 0.15) is 28.8 Å². The van der Waals surface area contributed by atoms with Gasteiger partial charge in [-0.2, -0.15) is 0 Å². The molecule has 25 heavy (non-hydrogen) atoms. The van der Waals surface area contributed by atoms with Gasteiger partial charge in [0.05, 0.1) is 11.1 Å². The van der Waals surface area contributed by atoms with E-state index in [9.17, 15) is 19.0 Å². The molecular formula is C18H11F2N3O2. The van der Waals surface area contributed by atoms with E-state index in [0.29, 0.717) is 17.3 Å². The number of phenols is 1. The van der Waals surface area contributed by atoms with E-state index in [1.165, 1.54) is 12.3 Å². The van der Waals surface area contributed by atoms with E-state index in [2.05, 4.69) is 9.97 Å². The lowest BCUT2D eigenvalue weighted by Crippen LogP contribution is -1.92. The molecule has 2 N–H and O–H groups in total. The van der Waals surface area contributed by atoms with Crippen LogP contribution in [0.15, 0.2) is 54.9 Å². The molecule has 0 radical (unpaired) electrons. The summed E-state index contributed by atoms with van der Waals surface area (Å²) < 4.78 is 29.0. The highest BCUT2D eigenvalue weighted by Gasteiger charge is 2.21. The average molecular weight is 339 g/mol. The van der Waals surface area contributed by atoms with E-state index in [4.69, 9.17) is 0 Å². The second-order valence-corrected chi connectivity index (χ2v) is 5.39. The van der Waals surface area contributed by atoms with E-state index in [1.807, 2.05) is 0 Å². The third kappa shape index (κ3) is 2.37. The highest BCUT2D eigenvalue weighted by Crippen LogP contribution is 2.36. The van der Waals surface area contributed by atoms with Crippen LogP contribution in [0, 0.1) is 11.6 Å². The first-order chi connectivity index (χ1) is 12.1. The number of hydrogen-bond acceptors (Lipinski definition) is 4. The van der Waals surface area contributed by atoms with Crippen molar-refractivity contribution >= 4 is 5.52 Å². The summed E-state index contributed by atoms with van der Waals surface area (Å²) in [4.78, 5) is 8.51. The molecule has 0 atom stereocenters. The Morgan fingerprint density at radius 2 is 1.80 bits per heavy atom. The molecule has 0 aliphatic carbocycles. The summed E-state index contributed by atoms with van der Waals surface area (Å²) in [7, 11) is 0. The van der Waals surface area contributed by atoms with Crippen LogP contribution in [0.4, 0.5) is 8.78 Å². The molecule has 3 aromatic heterocycles. The number of nitrogens with zero attached hydrogens (tertiary/aromatic N) is 3. The quantitative estimate of drug-likeness (QED) is 0.583. The summed E-state index contributed by atoms with van der Waals surface area (Å²) in [6.07, 6.45) is 3.14. The molecule has 0 spiro atoms. The van der Waals surface area contributed by atoms with Gasteiger partial charge < -0.3 is 10.2 Å². The van der Waals surface area contributed by atoms with Gasteiger partial charge in [-0.25, -0.2) is 13.8 Å². The van der Waals surface area contributed by atoms with Crippen molar-refractivity contribution in [1.82, 2.24) is 14.4 Å². The SMILES string of the molecule is Oc1cccnc1-c1nc(-c2cc(F)cc(F)c2O)n2ccccc12. The third-order valence-electron chi connectivity index (χ3n) is 3.83. The van der Waals surface area contributed by atoms with Gasteiger partial charge in [-0.3, -0.25) is 9.38 Å². The van der Waals surface area contributed by atoms with Crippen molar-refractivity contribution in [3.8, 4) is 34.3 Å². The summed E-state index contributed by atoms with van der Waals surface area (Å²) in [5.41, 5.74) is 1.03. The molecule has 5 nitrogen and oxygen atoms in total. The molecule has 1 aromatic carbocycles. The number of fused-ring (bicyclic) bond motifs is 1. The predicted octanol–water partition coefficient (Wildman–Crippen LogP) is 3.75. The van der Waals surface area contributed by atoms with Crippen molar-refractivity contribution in [2.75, 3.05) is 0 Å². The van der Waals surface area contributed by atoms with E-state index >= 15 is 0 Å². The molecule has 0 aliphatic rings. The van der Waals surface area contributed by atoms with Crippen molar-refractivity contribution in [2.45, 2.75) is 0 Å². The average Bonchev–Trinajstić information content (AvgIpc) is 2.98. The van der Waals surface area contributed by atoms with Gasteiger partial charge in [0.15, 0.2) is 11.6 Å². The van der Waals surface area contributed by atoms with Crippen LogP contribution in [0.5, 0.6) is 11.5 Å². The molecule has 0 fully saturated rings. The van der Waals surface area contributed by atoms with Gasteiger partial charge >= 0.3 is 0 Å². The molecular weight excluding hydrogens is 328 g/mol. The van der Waals surface area contributed by atoms with E-state index in [1.54, 1.807) is 34.9 Å². The maximum atomic E-state index is 13.7. The van der Waals surface area contributed by atoms with Crippen LogP contribution in [-0.4, -0.2) is 24.6 Å². The smallest absolute Gasteiger partial charge is 0.168 e. The fourth-order valence-electron chi connectivity index (χ4n) is 2.72. The van der Waals surface area contributed by atoms with E-state index < -0.39 is 17.4 Å². The van der Waals surface area contributed by atoms with Crippen LogP contribution in [0.3, 0.4) is 0 Å². The summed E-state index contributed by atoms with van der Waals surface area (Å²) in [5.74, 6) is -2.56. The Labute approximate surface area is 140 Å². The van der Waals surface area contributed by atoms with E-state index in [0.717, 1.165) is 6.07 Å². The number of rotatable bonds is 2. The molecule has 7 heteroatoms. The number of benzene rings is 1. The zero-order chi connectivity index (χ0) is 17.6. The van der Waals surface area contributed by atoms with Crippen LogP contribution in [0.1, 0.15) is 0 Å². The summed E-state index contributed by atoms with van der Waals surface area (Å²) in [6, 6.07) is 9.85. The number of aromatic hydroxyl groups is 2. The maximum Gasteiger partial charge on any atom is 0.168 e. The van der Waals surface area contributed by atoms with Crippen molar-refractivity contribution in [3.05, 3.63) is 66.5 Å². The highest BCUT2D eigenvalue weighted by atomic mass is 19.1. The lowest BCUT2D eigenvalue weighted by Gasteiger charge is -2.05. The molecule has 4 aromatic rings. The van der Waals surface area contributed by atoms with Crippen LogP contribution in [0.2, 0.25) is 0 Å². The number of aromatic nitrogens is 3. The molecule has 0 bridgehead atoms. The zero-order valence-electron chi connectivity index (χ0n) is 12.7. The van der Waals surface area contributed by atoms with Gasteiger partial charge in [0, 0.05) is 18.5 Å². The first kappa shape index (κ1) is 15.1. The number of pyridine rings is 2. The highest BCUT2D eigenvalue weighted by molar-refractivity contribution is 5.83. The third-order valence-corrected chi connectivity index (χ3v) is 3.83. The minimum absolute atomic E-state index is 0.0763. The molecule has 0 amide bonds. The number of hydrogen-bond donors (Lipinski definition) is 2. The molecule has 0 aliphatic heterocycles. The van der Waals surface area contributed by atoms with Crippen LogP contribution < -0.4 is 0 Å². The lowest BCUT2D eigenvalue weighted by atomic mass is 10.1. The monoisotopic (exact) mass is 339 g/mol. The molecule has 124 valence electrons. The Morgan fingerprint density at radius 3 is 2.60 bits per heavy atom. The first-order valence-electron chi connectivity index (χ1n) is 7.36. The predicted molar refractivity (Wildman–Crippen MR) is 87.1 cm³/mol. The molecule has 3 heterocycles. The Balaban J connectivity index is 2.07. The topological polar surface area (TPSA) is 70.7 Å². The van der Waals surface area contributed by atoms with Crippen LogP contribution >= 0.6 is 0 Å². The second-order valence-electron chi connectivity index (χ2n) is 5.39. The Kier molecular flexibility index (Phi) is 3.35. The van der Waals surface area contributed by atoms with Gasteiger partial charge in [-0.05, 0) is 30.3 Å². The standard InChI is InChI=1S/C18H11F2N3O2/c19-10-8-11(17(25)12(20)9-10)18-22-15(13-4-1-2-7-23(13)18)16-14(24)5-3-6-21-16/h1-9,24-25H. The summed E-state index contributed by atoms with van der Waals surface area (Å²) >= 11 is 0. The van der Waals surface area contributed by atoms with Gasteiger partial charge in [-0.1, -0.05) is 6.07 Å². The lowest BCUT2D eigenvalue weighted by molar-refractivity contribution is 0.429. The normalized spacial score (nSPS) is 11.1. The molecule has 4 rings (SSSR count). The number of halogens is 2.